The number of likely N-dealkylation sites (tertiary alicyclic amines) is 1. The first kappa shape index (κ1) is 17.7. The number of amides is 2. The fourth-order valence-corrected chi connectivity index (χ4v) is 3.52. The van der Waals surface area contributed by atoms with Gasteiger partial charge >= 0.3 is 0 Å². The van der Waals surface area contributed by atoms with Crippen molar-refractivity contribution < 1.29 is 14.3 Å². The van der Waals surface area contributed by atoms with Gasteiger partial charge in [0, 0.05) is 44.7 Å². The first-order chi connectivity index (χ1) is 12.1. The van der Waals surface area contributed by atoms with E-state index in [0.717, 1.165) is 32.5 Å². The fraction of sp³-hybridized carbons (Fsp3) is 0.579. The Balaban J connectivity index is 1.43. The van der Waals surface area contributed by atoms with Crippen molar-refractivity contribution in [2.45, 2.75) is 25.8 Å². The molecule has 6 heteroatoms. The van der Waals surface area contributed by atoms with Crippen LogP contribution in [-0.4, -0.2) is 67.0 Å². The third kappa shape index (κ3) is 4.72. The Labute approximate surface area is 149 Å². The number of ether oxygens (including phenoxy) is 1. The van der Waals surface area contributed by atoms with E-state index in [1.54, 1.807) is 0 Å². The van der Waals surface area contributed by atoms with Gasteiger partial charge in [-0.3, -0.25) is 9.59 Å². The molecule has 6 nitrogen and oxygen atoms in total. The quantitative estimate of drug-likeness (QED) is 0.888. The zero-order valence-corrected chi connectivity index (χ0v) is 14.8. The van der Waals surface area contributed by atoms with Gasteiger partial charge in [-0.05, 0) is 31.9 Å². The molecule has 25 heavy (non-hydrogen) atoms. The van der Waals surface area contributed by atoms with Crippen LogP contribution in [0.1, 0.15) is 19.8 Å². The molecule has 2 aliphatic rings. The van der Waals surface area contributed by atoms with Crippen LogP contribution in [0.3, 0.4) is 0 Å². The predicted octanol–water partition coefficient (Wildman–Crippen LogP) is 1.12. The van der Waals surface area contributed by atoms with Gasteiger partial charge in [0.05, 0.1) is 0 Å². The molecule has 136 valence electrons. The lowest BCUT2D eigenvalue weighted by atomic mass is 9.94. The van der Waals surface area contributed by atoms with Gasteiger partial charge in [0.25, 0.3) is 5.91 Å². The maximum atomic E-state index is 12.7. The highest BCUT2D eigenvalue weighted by molar-refractivity contribution is 5.81. The lowest BCUT2D eigenvalue weighted by molar-refractivity contribution is -0.142. The van der Waals surface area contributed by atoms with Crippen molar-refractivity contribution in [1.29, 1.82) is 0 Å². The summed E-state index contributed by atoms with van der Waals surface area (Å²) in [4.78, 5) is 28.7. The molecule has 1 N–H and O–H groups in total. The molecule has 0 radical (unpaired) electrons. The number of benzene rings is 1. The van der Waals surface area contributed by atoms with E-state index in [-0.39, 0.29) is 24.3 Å². The maximum Gasteiger partial charge on any atom is 0.260 e. The van der Waals surface area contributed by atoms with Gasteiger partial charge in [0.1, 0.15) is 5.75 Å². The Morgan fingerprint density at radius 1 is 1.12 bits per heavy atom. The number of hydrogen-bond acceptors (Lipinski definition) is 4. The van der Waals surface area contributed by atoms with Gasteiger partial charge in [0.15, 0.2) is 6.61 Å². The van der Waals surface area contributed by atoms with Crippen molar-refractivity contribution in [3.63, 3.8) is 0 Å². The summed E-state index contributed by atoms with van der Waals surface area (Å²) in [5.41, 5.74) is 0. The third-order valence-corrected chi connectivity index (χ3v) is 4.98. The van der Waals surface area contributed by atoms with E-state index in [1.807, 2.05) is 40.1 Å². The molecule has 2 saturated heterocycles. The molecule has 1 aromatic rings. The smallest absolute Gasteiger partial charge is 0.260 e. The number of piperazine rings is 1. The van der Waals surface area contributed by atoms with Gasteiger partial charge in [-0.1, -0.05) is 18.2 Å². The second-order valence-electron chi connectivity index (χ2n) is 6.90. The average molecular weight is 345 g/mol. The minimum absolute atomic E-state index is 0.00875. The lowest BCUT2D eigenvalue weighted by Gasteiger charge is -2.37. The summed E-state index contributed by atoms with van der Waals surface area (Å²) in [6, 6.07) is 9.71. The maximum absolute atomic E-state index is 12.7. The fourth-order valence-electron chi connectivity index (χ4n) is 3.52. The van der Waals surface area contributed by atoms with Crippen LogP contribution < -0.4 is 10.1 Å². The summed E-state index contributed by atoms with van der Waals surface area (Å²) in [5, 5.41) is 3.36. The highest BCUT2D eigenvalue weighted by Gasteiger charge is 2.31. The largest absolute Gasteiger partial charge is 0.484 e. The Kier molecular flexibility index (Phi) is 5.91. The topological polar surface area (TPSA) is 61.9 Å². The Bertz CT molecular complexity index is 585. The van der Waals surface area contributed by atoms with Gasteiger partial charge in [-0.2, -0.15) is 0 Å². The highest BCUT2D eigenvalue weighted by Crippen LogP contribution is 2.21. The molecule has 3 rings (SSSR count). The SMILES string of the molecule is CC1CN(C(=O)C2CCN(C(=O)COc3ccccc3)CC2)CCN1. The lowest BCUT2D eigenvalue weighted by Crippen LogP contribution is -2.54. The van der Waals surface area contributed by atoms with E-state index in [4.69, 9.17) is 4.74 Å². The molecule has 2 heterocycles. The number of para-hydroxylation sites is 1. The van der Waals surface area contributed by atoms with E-state index < -0.39 is 0 Å². The predicted molar refractivity (Wildman–Crippen MR) is 95.3 cm³/mol. The van der Waals surface area contributed by atoms with E-state index in [2.05, 4.69) is 12.2 Å². The number of nitrogens with one attached hydrogen (secondary N) is 1. The summed E-state index contributed by atoms with van der Waals surface area (Å²) >= 11 is 0. The molecule has 2 aliphatic heterocycles. The number of hydrogen-bond donors (Lipinski definition) is 1. The van der Waals surface area contributed by atoms with Crippen LogP contribution >= 0.6 is 0 Å². The average Bonchev–Trinajstić information content (AvgIpc) is 2.66. The second-order valence-corrected chi connectivity index (χ2v) is 6.90. The Morgan fingerprint density at radius 3 is 2.52 bits per heavy atom. The minimum Gasteiger partial charge on any atom is -0.484 e. The zero-order chi connectivity index (χ0) is 17.6. The molecular weight excluding hydrogens is 318 g/mol. The molecule has 0 saturated carbocycles. The van der Waals surface area contributed by atoms with Gasteiger partial charge in [-0.15, -0.1) is 0 Å². The summed E-state index contributed by atoms with van der Waals surface area (Å²) in [7, 11) is 0. The van der Waals surface area contributed by atoms with Crippen molar-refractivity contribution in [2.75, 3.05) is 39.3 Å². The van der Waals surface area contributed by atoms with E-state index in [1.165, 1.54) is 0 Å². The standard InChI is InChI=1S/C19H27N3O3/c1-15-13-22(12-9-20-15)19(24)16-7-10-21(11-8-16)18(23)14-25-17-5-3-2-4-6-17/h2-6,15-16,20H,7-14H2,1H3. The molecule has 2 amide bonds. The summed E-state index contributed by atoms with van der Waals surface area (Å²) in [6.07, 6.45) is 1.49. The molecule has 1 atom stereocenters. The van der Waals surface area contributed by atoms with Crippen molar-refractivity contribution in [3.05, 3.63) is 30.3 Å². The van der Waals surface area contributed by atoms with E-state index >= 15 is 0 Å². The van der Waals surface area contributed by atoms with Crippen molar-refractivity contribution in [2.24, 2.45) is 5.92 Å². The van der Waals surface area contributed by atoms with Crippen molar-refractivity contribution in [1.82, 2.24) is 15.1 Å². The van der Waals surface area contributed by atoms with Crippen LogP contribution in [0.15, 0.2) is 30.3 Å². The van der Waals surface area contributed by atoms with E-state index in [9.17, 15) is 9.59 Å². The van der Waals surface area contributed by atoms with Crippen molar-refractivity contribution in [3.8, 4) is 5.75 Å². The summed E-state index contributed by atoms with van der Waals surface area (Å²) < 4.78 is 5.53. The van der Waals surface area contributed by atoms with Crippen LogP contribution in [0.4, 0.5) is 0 Å². The van der Waals surface area contributed by atoms with Gasteiger partial charge in [0.2, 0.25) is 5.91 Å². The molecule has 0 aliphatic carbocycles. The Morgan fingerprint density at radius 2 is 1.84 bits per heavy atom. The highest BCUT2D eigenvalue weighted by atomic mass is 16.5. The Hall–Kier alpha value is -2.08. The molecule has 2 fully saturated rings. The summed E-state index contributed by atoms with van der Waals surface area (Å²) in [5.74, 6) is 0.990. The molecule has 1 unspecified atom stereocenters. The number of rotatable bonds is 4. The number of carbonyl (C=O) groups is 2. The summed E-state index contributed by atoms with van der Waals surface area (Å²) in [6.45, 7) is 5.85. The number of nitrogens with zero attached hydrogens (tertiary/aromatic N) is 2. The monoisotopic (exact) mass is 345 g/mol. The van der Waals surface area contributed by atoms with Crippen LogP contribution in [0.5, 0.6) is 5.75 Å². The molecule has 0 bridgehead atoms. The second kappa shape index (κ2) is 8.34. The first-order valence-corrected chi connectivity index (χ1v) is 9.11. The number of piperidine rings is 1. The molecule has 1 aromatic carbocycles. The van der Waals surface area contributed by atoms with Crippen LogP contribution in [0.25, 0.3) is 0 Å². The van der Waals surface area contributed by atoms with Gasteiger partial charge in [-0.25, -0.2) is 0 Å². The number of carbonyl (C=O) groups excluding carboxylic acids is 2. The van der Waals surface area contributed by atoms with Crippen LogP contribution in [0.2, 0.25) is 0 Å². The van der Waals surface area contributed by atoms with Crippen molar-refractivity contribution >= 4 is 11.8 Å². The first-order valence-electron chi connectivity index (χ1n) is 9.11. The van der Waals surface area contributed by atoms with E-state index in [0.29, 0.717) is 24.9 Å². The molecule has 0 spiro atoms. The minimum atomic E-state index is -0.00875. The molecular formula is C19H27N3O3. The zero-order valence-electron chi connectivity index (χ0n) is 14.8. The molecule has 0 aromatic heterocycles. The normalized spacial score (nSPS) is 21.9. The van der Waals surface area contributed by atoms with Crippen LogP contribution in [-0.2, 0) is 9.59 Å². The van der Waals surface area contributed by atoms with Crippen LogP contribution in [0, 0.1) is 5.92 Å². The third-order valence-electron chi connectivity index (χ3n) is 4.98. The van der Waals surface area contributed by atoms with Gasteiger partial charge < -0.3 is 19.9 Å².